The number of hydrogen-bond donors (Lipinski definition) is 0. The van der Waals surface area contributed by atoms with Crippen molar-refractivity contribution in [3.05, 3.63) is 12.2 Å². The molecular weight excluding hydrogens is 799 g/mol. The molecule has 49 heavy (non-hydrogen) atoms. The summed E-state index contributed by atoms with van der Waals surface area (Å²) in [6.07, 6.45) is -25.9. The number of rotatable bonds is 12. The van der Waals surface area contributed by atoms with E-state index in [1.54, 1.807) is 0 Å². The molecule has 0 aliphatic heterocycles. The zero-order valence-corrected chi connectivity index (χ0v) is 21.5. The van der Waals surface area contributed by atoms with Crippen LogP contribution < -0.4 is 0 Å². The molecule has 0 amide bonds. The molecule has 0 rings (SSSR count). The van der Waals surface area contributed by atoms with Crippen LogP contribution in [0.25, 0.3) is 0 Å². The highest BCUT2D eigenvalue weighted by molar-refractivity contribution is 5.87. The van der Waals surface area contributed by atoms with Crippen molar-refractivity contribution in [1.29, 1.82) is 0 Å². The second kappa shape index (κ2) is 11.3. The molecule has 0 spiro atoms. The number of carbonyl (C=O) groups is 1. The number of halogens is 29. The van der Waals surface area contributed by atoms with E-state index in [1.165, 1.54) is 0 Å². The maximum absolute atomic E-state index is 15.0. The first-order valence-electron chi connectivity index (χ1n) is 10.4. The third-order valence-electron chi connectivity index (χ3n) is 5.72. The fraction of sp³-hybridized carbons (Fsp3) is 0.833. The minimum atomic E-state index is -9.98. The van der Waals surface area contributed by atoms with Crippen LogP contribution in [0.15, 0.2) is 12.2 Å². The van der Waals surface area contributed by atoms with Crippen molar-refractivity contribution in [3.8, 4) is 0 Å². The van der Waals surface area contributed by atoms with Crippen molar-refractivity contribution in [1.82, 2.24) is 0 Å². The molecule has 1 atom stereocenters. The van der Waals surface area contributed by atoms with Gasteiger partial charge in [0.05, 0.1) is 0 Å². The van der Waals surface area contributed by atoms with Gasteiger partial charge < -0.3 is 4.74 Å². The summed E-state index contributed by atoms with van der Waals surface area (Å²) in [5.41, 5.74) is -11.6. The van der Waals surface area contributed by atoms with E-state index >= 15 is 0 Å². The van der Waals surface area contributed by atoms with Gasteiger partial charge in [-0.2, -0.15) is 123 Å². The van der Waals surface area contributed by atoms with Crippen molar-refractivity contribution in [2.45, 2.75) is 90.3 Å². The Morgan fingerprint density at radius 3 is 0.816 bits per heavy atom. The Hall–Kier alpha value is -2.82. The molecule has 0 saturated heterocycles. The number of hydrogen-bond acceptors (Lipinski definition) is 2. The molecule has 0 heterocycles. The molecule has 0 N–H and O–H groups in total. The molecule has 0 radical (unpaired) electrons. The van der Waals surface area contributed by atoms with E-state index < -0.39 is 94.9 Å². The standard InChI is InChI=1S/C18H5F29O2/c1-3(2)4(48)49-15(38,13(34,35)10(28,29)11(30,31)14(36,37)18(45,46)47)12(32,33)9(26,27)8(24,25)7(22,23)6(20,21)5(19,16(39,40)41)17(42,43)44/h1H2,2H3. The van der Waals surface area contributed by atoms with Crippen LogP contribution in [0.2, 0.25) is 0 Å². The smallest absolute Gasteiger partial charge is 0.413 e. The molecule has 1 unspecified atom stereocenters. The fourth-order valence-corrected chi connectivity index (χ4v) is 2.84. The predicted octanol–water partition coefficient (Wildman–Crippen LogP) is 9.88. The summed E-state index contributed by atoms with van der Waals surface area (Å²) < 4.78 is 393. The maximum atomic E-state index is 15.0. The molecule has 0 bridgehead atoms. The second-order valence-electron chi connectivity index (χ2n) is 9.09. The highest BCUT2D eigenvalue weighted by atomic mass is 19.4. The fourth-order valence-electron chi connectivity index (χ4n) is 2.84. The van der Waals surface area contributed by atoms with E-state index in [2.05, 4.69) is 0 Å². The van der Waals surface area contributed by atoms with E-state index in [4.69, 9.17) is 0 Å². The van der Waals surface area contributed by atoms with E-state index in [0.717, 1.165) is 0 Å². The topological polar surface area (TPSA) is 26.3 Å². The molecule has 0 saturated carbocycles. The third-order valence-corrected chi connectivity index (χ3v) is 5.72. The second-order valence-corrected chi connectivity index (χ2v) is 9.09. The quantitative estimate of drug-likeness (QED) is 0.112. The largest absolute Gasteiger partial charge is 0.460 e. The molecular formula is C18H5F29O2. The zero-order chi connectivity index (χ0) is 40.9. The Kier molecular flexibility index (Phi) is 10.7. The zero-order valence-electron chi connectivity index (χ0n) is 21.5. The molecule has 0 aromatic carbocycles. The maximum Gasteiger partial charge on any atom is 0.460 e. The van der Waals surface area contributed by atoms with Gasteiger partial charge in [0.25, 0.3) is 0 Å². The van der Waals surface area contributed by atoms with Crippen LogP contribution in [-0.2, 0) is 9.53 Å². The average Bonchev–Trinajstić information content (AvgIpc) is 2.84. The molecule has 0 aliphatic carbocycles. The summed E-state index contributed by atoms with van der Waals surface area (Å²) in [4.78, 5) is 11.3. The van der Waals surface area contributed by atoms with Crippen LogP contribution in [0.3, 0.4) is 0 Å². The lowest BCUT2D eigenvalue weighted by Crippen LogP contribution is -2.81. The van der Waals surface area contributed by atoms with Crippen molar-refractivity contribution < 1.29 is 137 Å². The number of esters is 1. The summed E-state index contributed by atoms with van der Waals surface area (Å²) in [7, 11) is 0. The Labute approximate surface area is 246 Å². The van der Waals surface area contributed by atoms with Crippen LogP contribution in [0.5, 0.6) is 0 Å². The lowest BCUT2D eigenvalue weighted by atomic mass is 9.81. The van der Waals surface area contributed by atoms with E-state index in [1.807, 2.05) is 11.3 Å². The van der Waals surface area contributed by atoms with Crippen molar-refractivity contribution in [3.63, 3.8) is 0 Å². The molecule has 292 valence electrons. The average molecular weight is 804 g/mol. The molecule has 0 aromatic rings. The lowest BCUT2D eigenvalue weighted by Gasteiger charge is -2.48. The Morgan fingerprint density at radius 1 is 0.367 bits per heavy atom. The van der Waals surface area contributed by atoms with Gasteiger partial charge in [-0.3, -0.25) is 0 Å². The molecule has 0 fully saturated rings. The van der Waals surface area contributed by atoms with Gasteiger partial charge in [0.1, 0.15) is 0 Å². The molecule has 0 aromatic heterocycles. The van der Waals surface area contributed by atoms with E-state index in [0.29, 0.717) is 0 Å². The van der Waals surface area contributed by atoms with Gasteiger partial charge in [-0.05, 0) is 6.92 Å². The highest BCUT2D eigenvalue weighted by Gasteiger charge is 3.02. The normalized spacial score (nSPS) is 17.5. The van der Waals surface area contributed by atoms with Gasteiger partial charge in [0.15, 0.2) is 0 Å². The summed E-state index contributed by atoms with van der Waals surface area (Å²) in [6.45, 7) is 1.70. The number of ether oxygens (including phenoxy) is 1. The van der Waals surface area contributed by atoms with Gasteiger partial charge in [-0.1, -0.05) is 6.58 Å². The van der Waals surface area contributed by atoms with Gasteiger partial charge in [-0.15, -0.1) is 0 Å². The van der Waals surface area contributed by atoms with Crippen molar-refractivity contribution >= 4 is 5.97 Å². The predicted molar refractivity (Wildman–Crippen MR) is 91.3 cm³/mol. The number of carbonyl (C=O) groups excluding carboxylic acids is 1. The van der Waals surface area contributed by atoms with Crippen LogP contribution >= 0.6 is 0 Å². The minimum Gasteiger partial charge on any atom is -0.413 e. The summed E-state index contributed by atoms with van der Waals surface area (Å²) in [5, 5.41) is 0. The minimum absolute atomic E-state index is 0.292. The number of alkyl halides is 29. The van der Waals surface area contributed by atoms with Crippen LogP contribution in [0.4, 0.5) is 127 Å². The SMILES string of the molecule is C=C(C)C(=O)OC(F)(C(F)(F)C(F)(F)C(F)(F)C(F)(F)C(F)(F)F)C(F)(F)C(F)(F)C(F)(F)C(F)(F)C(F)(F)C(F)(C(F)(F)F)C(F)(F)F. The summed E-state index contributed by atoms with van der Waals surface area (Å²) in [5.74, 6) is -100.0. The Morgan fingerprint density at radius 2 is 0.592 bits per heavy atom. The summed E-state index contributed by atoms with van der Waals surface area (Å²) >= 11 is 0. The van der Waals surface area contributed by atoms with E-state index in [-0.39, 0.29) is 6.92 Å². The van der Waals surface area contributed by atoms with Crippen LogP contribution in [-0.4, -0.2) is 89.3 Å². The molecule has 2 nitrogen and oxygen atoms in total. The summed E-state index contributed by atoms with van der Waals surface area (Å²) in [6, 6.07) is 0. The Balaban J connectivity index is 8.30. The first-order valence-corrected chi connectivity index (χ1v) is 10.4. The van der Waals surface area contributed by atoms with Gasteiger partial charge in [-0.25, -0.2) is 9.18 Å². The van der Waals surface area contributed by atoms with Crippen LogP contribution in [0.1, 0.15) is 6.92 Å². The third kappa shape index (κ3) is 5.55. The van der Waals surface area contributed by atoms with E-state index in [9.17, 15) is 132 Å². The first kappa shape index (κ1) is 46.2. The van der Waals surface area contributed by atoms with Gasteiger partial charge in [0.2, 0.25) is 0 Å². The van der Waals surface area contributed by atoms with Crippen LogP contribution in [0, 0.1) is 0 Å². The highest BCUT2D eigenvalue weighted by Crippen LogP contribution is 2.69. The van der Waals surface area contributed by atoms with Gasteiger partial charge in [0, 0.05) is 5.57 Å². The van der Waals surface area contributed by atoms with Crippen molar-refractivity contribution in [2.24, 2.45) is 0 Å². The molecule has 0 aliphatic rings. The Bertz CT molecular complexity index is 1250. The van der Waals surface area contributed by atoms with Gasteiger partial charge >= 0.3 is 89.3 Å². The molecule has 31 heteroatoms. The lowest BCUT2D eigenvalue weighted by molar-refractivity contribution is -0.498. The monoisotopic (exact) mass is 804 g/mol. The first-order chi connectivity index (χ1) is 20.6. The van der Waals surface area contributed by atoms with Crippen molar-refractivity contribution in [2.75, 3.05) is 0 Å².